The van der Waals surface area contributed by atoms with Gasteiger partial charge in [0.05, 0.1) is 29.3 Å². The van der Waals surface area contributed by atoms with E-state index >= 15 is 0 Å². The molecule has 128 valence electrons. The number of rotatable bonds is 6. The van der Waals surface area contributed by atoms with Crippen molar-refractivity contribution in [2.24, 2.45) is 5.92 Å². The summed E-state index contributed by atoms with van der Waals surface area (Å²) in [5.74, 6) is 0.927. The molecule has 1 aliphatic rings. The lowest BCUT2D eigenvalue weighted by Gasteiger charge is -2.19. The number of nitrogens with one attached hydrogen (secondary N) is 3. The highest BCUT2D eigenvalue weighted by atomic mass is 16.2. The number of hydrogen-bond donors (Lipinski definition) is 3. The predicted molar refractivity (Wildman–Crippen MR) is 97.2 cm³/mol. The highest BCUT2D eigenvalue weighted by molar-refractivity contribution is 5.92. The van der Waals surface area contributed by atoms with E-state index < -0.39 is 0 Å². The second-order valence-corrected chi connectivity index (χ2v) is 6.55. The van der Waals surface area contributed by atoms with Crippen molar-refractivity contribution >= 4 is 22.9 Å². The van der Waals surface area contributed by atoms with Crippen LogP contribution >= 0.6 is 0 Å². The molecule has 25 heavy (non-hydrogen) atoms. The minimum Gasteiger partial charge on any atom is -0.324 e. The molecule has 3 aromatic rings. The van der Waals surface area contributed by atoms with Gasteiger partial charge in [0, 0.05) is 6.20 Å². The number of aryl methyl sites for hydroxylation is 1. The molecule has 1 aliphatic carbocycles. The number of para-hydroxylation sites is 2. The van der Waals surface area contributed by atoms with Gasteiger partial charge in [-0.3, -0.25) is 20.4 Å². The van der Waals surface area contributed by atoms with E-state index in [2.05, 4.69) is 38.6 Å². The van der Waals surface area contributed by atoms with E-state index in [0.29, 0.717) is 11.9 Å². The minimum absolute atomic E-state index is 0.113. The largest absolute Gasteiger partial charge is 0.324 e. The van der Waals surface area contributed by atoms with Gasteiger partial charge in [-0.1, -0.05) is 18.2 Å². The number of carbonyl (C=O) groups is 1. The zero-order valence-corrected chi connectivity index (χ0v) is 14.1. The van der Waals surface area contributed by atoms with Crippen molar-refractivity contribution in [1.82, 2.24) is 20.3 Å². The molecule has 2 aromatic heterocycles. The van der Waals surface area contributed by atoms with Gasteiger partial charge in [0.15, 0.2) is 0 Å². The van der Waals surface area contributed by atoms with E-state index in [0.717, 1.165) is 22.3 Å². The molecule has 0 spiro atoms. The molecule has 1 fully saturated rings. The summed E-state index contributed by atoms with van der Waals surface area (Å²) in [7, 11) is 0. The average Bonchev–Trinajstić information content (AvgIpc) is 3.36. The number of hydrogen-bond acceptors (Lipinski definition) is 4. The Morgan fingerprint density at radius 3 is 2.88 bits per heavy atom. The molecule has 1 amide bonds. The summed E-state index contributed by atoms with van der Waals surface area (Å²) >= 11 is 0. The maximum atomic E-state index is 12.3. The van der Waals surface area contributed by atoms with E-state index in [-0.39, 0.29) is 18.5 Å². The number of nitrogens with zero attached hydrogens (tertiary/aromatic N) is 2. The van der Waals surface area contributed by atoms with Gasteiger partial charge in [-0.05, 0) is 49.4 Å². The first-order valence-corrected chi connectivity index (χ1v) is 8.60. The molecular weight excluding hydrogens is 314 g/mol. The summed E-state index contributed by atoms with van der Waals surface area (Å²) in [6.07, 6.45) is 4.17. The number of amides is 1. The fourth-order valence-electron chi connectivity index (χ4n) is 3.13. The van der Waals surface area contributed by atoms with Gasteiger partial charge in [-0.25, -0.2) is 4.98 Å². The number of pyridine rings is 1. The first-order chi connectivity index (χ1) is 12.2. The van der Waals surface area contributed by atoms with Crippen LogP contribution in [-0.4, -0.2) is 27.4 Å². The summed E-state index contributed by atoms with van der Waals surface area (Å²) in [6.45, 7) is 2.29. The molecule has 0 radical (unpaired) electrons. The van der Waals surface area contributed by atoms with Crippen molar-refractivity contribution in [2.45, 2.75) is 25.8 Å². The molecule has 6 nitrogen and oxygen atoms in total. The molecule has 1 saturated carbocycles. The van der Waals surface area contributed by atoms with Crippen LogP contribution in [0.4, 0.5) is 5.95 Å². The third-order valence-corrected chi connectivity index (χ3v) is 4.57. The van der Waals surface area contributed by atoms with E-state index in [9.17, 15) is 4.79 Å². The van der Waals surface area contributed by atoms with Crippen LogP contribution in [-0.2, 0) is 4.79 Å². The van der Waals surface area contributed by atoms with Crippen molar-refractivity contribution in [2.75, 3.05) is 11.9 Å². The fourth-order valence-corrected chi connectivity index (χ4v) is 3.13. The SMILES string of the molecule is Cc1cccnc1[C@@H](NCC(=O)Nc1nc2ccccc2[nH]1)C1CC1. The van der Waals surface area contributed by atoms with Crippen LogP contribution in [0.15, 0.2) is 42.6 Å². The van der Waals surface area contributed by atoms with Gasteiger partial charge >= 0.3 is 0 Å². The molecular formula is C19H21N5O. The first kappa shape index (κ1) is 15.8. The number of aromatic nitrogens is 3. The standard InChI is InChI=1S/C19H21N5O/c1-12-5-4-10-20-17(12)18(13-8-9-13)21-11-16(25)24-19-22-14-6-2-3-7-15(14)23-19/h2-7,10,13,18,21H,8-9,11H2,1H3,(H2,22,23,24,25)/t18-/m0/s1. The highest BCUT2D eigenvalue weighted by Gasteiger charge is 2.34. The Morgan fingerprint density at radius 2 is 2.12 bits per heavy atom. The van der Waals surface area contributed by atoms with Crippen molar-refractivity contribution in [3.05, 3.63) is 53.9 Å². The van der Waals surface area contributed by atoms with Crippen LogP contribution in [0.25, 0.3) is 11.0 Å². The normalized spacial score (nSPS) is 15.2. The van der Waals surface area contributed by atoms with Crippen LogP contribution in [0.5, 0.6) is 0 Å². The lowest BCUT2D eigenvalue weighted by atomic mass is 10.0. The lowest BCUT2D eigenvalue weighted by molar-refractivity contribution is -0.115. The predicted octanol–water partition coefficient (Wildman–Crippen LogP) is 2.95. The van der Waals surface area contributed by atoms with Gasteiger partial charge in [0.25, 0.3) is 0 Å². The number of fused-ring (bicyclic) bond motifs is 1. The Kier molecular flexibility index (Phi) is 4.19. The van der Waals surface area contributed by atoms with Crippen LogP contribution in [0.2, 0.25) is 0 Å². The lowest BCUT2D eigenvalue weighted by Crippen LogP contribution is -2.33. The number of carbonyl (C=O) groups excluding carboxylic acids is 1. The zero-order valence-electron chi connectivity index (χ0n) is 14.1. The van der Waals surface area contributed by atoms with Gasteiger partial charge in [-0.2, -0.15) is 0 Å². The summed E-state index contributed by atoms with van der Waals surface area (Å²) < 4.78 is 0. The molecule has 1 aromatic carbocycles. The van der Waals surface area contributed by atoms with Gasteiger partial charge in [0.2, 0.25) is 11.9 Å². The van der Waals surface area contributed by atoms with Crippen molar-refractivity contribution in [3.63, 3.8) is 0 Å². The summed E-state index contributed by atoms with van der Waals surface area (Å²) in [5, 5.41) is 6.20. The molecule has 2 heterocycles. The second-order valence-electron chi connectivity index (χ2n) is 6.55. The van der Waals surface area contributed by atoms with Crippen molar-refractivity contribution < 1.29 is 4.79 Å². The van der Waals surface area contributed by atoms with E-state index in [1.165, 1.54) is 12.8 Å². The number of H-pyrrole nitrogens is 1. The first-order valence-electron chi connectivity index (χ1n) is 8.60. The number of aromatic amines is 1. The average molecular weight is 335 g/mol. The molecule has 6 heteroatoms. The summed E-state index contributed by atoms with van der Waals surface area (Å²) in [4.78, 5) is 24.3. The fraction of sp³-hybridized carbons (Fsp3) is 0.316. The van der Waals surface area contributed by atoms with E-state index in [1.807, 2.05) is 36.5 Å². The second kappa shape index (κ2) is 6.64. The van der Waals surface area contributed by atoms with Gasteiger partial charge in [0.1, 0.15) is 0 Å². The van der Waals surface area contributed by atoms with Crippen molar-refractivity contribution in [3.8, 4) is 0 Å². The number of imidazole rings is 1. The van der Waals surface area contributed by atoms with Crippen molar-refractivity contribution in [1.29, 1.82) is 0 Å². The molecule has 0 bridgehead atoms. The Bertz CT molecular complexity index is 866. The monoisotopic (exact) mass is 335 g/mol. The number of anilines is 1. The molecule has 0 unspecified atom stereocenters. The summed E-state index contributed by atoms with van der Waals surface area (Å²) in [6, 6.07) is 11.8. The van der Waals surface area contributed by atoms with Crippen LogP contribution in [0.1, 0.15) is 30.1 Å². The third-order valence-electron chi connectivity index (χ3n) is 4.57. The van der Waals surface area contributed by atoms with Gasteiger partial charge in [-0.15, -0.1) is 0 Å². The molecule has 3 N–H and O–H groups in total. The molecule has 0 saturated heterocycles. The summed E-state index contributed by atoms with van der Waals surface area (Å²) in [5.41, 5.74) is 3.95. The quantitative estimate of drug-likeness (QED) is 0.647. The van der Waals surface area contributed by atoms with Gasteiger partial charge < -0.3 is 4.98 Å². The molecule has 4 rings (SSSR count). The number of benzene rings is 1. The van der Waals surface area contributed by atoms with E-state index in [1.54, 1.807) is 0 Å². The maximum absolute atomic E-state index is 12.3. The Morgan fingerprint density at radius 1 is 1.28 bits per heavy atom. The minimum atomic E-state index is -0.113. The molecule has 1 atom stereocenters. The van der Waals surface area contributed by atoms with Crippen LogP contribution in [0.3, 0.4) is 0 Å². The Balaban J connectivity index is 1.41. The maximum Gasteiger partial charge on any atom is 0.240 e. The Labute approximate surface area is 146 Å². The van der Waals surface area contributed by atoms with E-state index in [4.69, 9.17) is 0 Å². The topological polar surface area (TPSA) is 82.7 Å². The smallest absolute Gasteiger partial charge is 0.240 e. The Hall–Kier alpha value is -2.73. The highest BCUT2D eigenvalue weighted by Crippen LogP contribution is 2.41. The third kappa shape index (κ3) is 3.53. The van der Waals surface area contributed by atoms with Crippen LogP contribution in [0, 0.1) is 12.8 Å². The zero-order chi connectivity index (χ0) is 17.2. The molecule has 0 aliphatic heterocycles. The van der Waals surface area contributed by atoms with Crippen LogP contribution < -0.4 is 10.6 Å².